The zero-order valence-electron chi connectivity index (χ0n) is 11.8. The third kappa shape index (κ3) is 4.38. The van der Waals surface area contributed by atoms with Gasteiger partial charge in [0.05, 0.1) is 11.8 Å². The number of nitrogens with one attached hydrogen (secondary N) is 2. The molecule has 1 heterocycles. The Morgan fingerprint density at radius 3 is 2.52 bits per heavy atom. The molecule has 8 heteroatoms. The predicted molar refractivity (Wildman–Crippen MR) is 87.5 cm³/mol. The van der Waals surface area contributed by atoms with Crippen molar-refractivity contribution in [2.24, 2.45) is 0 Å². The van der Waals surface area contributed by atoms with E-state index in [1.54, 1.807) is 13.1 Å². The number of hydrogen-bond donors (Lipinski definition) is 2. The van der Waals surface area contributed by atoms with Crippen molar-refractivity contribution in [3.05, 3.63) is 27.6 Å². The molecule has 21 heavy (non-hydrogen) atoms. The van der Waals surface area contributed by atoms with Crippen molar-refractivity contribution in [1.29, 1.82) is 0 Å². The number of nitrogens with zero attached hydrogens (tertiary/aromatic N) is 3. The van der Waals surface area contributed by atoms with E-state index in [1.165, 1.54) is 12.1 Å². The van der Waals surface area contributed by atoms with Crippen LogP contribution in [-0.2, 0) is 0 Å². The maximum absolute atomic E-state index is 13.1. The molecule has 0 bridgehead atoms. The van der Waals surface area contributed by atoms with Crippen LogP contribution in [0.3, 0.4) is 0 Å². The summed E-state index contributed by atoms with van der Waals surface area (Å²) in [7, 11) is 1.71. The first kappa shape index (κ1) is 15.7. The number of aromatic nitrogens is 3. The molecular weight excluding hydrogens is 388 g/mol. The third-order valence-electron chi connectivity index (χ3n) is 2.36. The zero-order chi connectivity index (χ0) is 15.4. The van der Waals surface area contributed by atoms with Crippen molar-refractivity contribution in [1.82, 2.24) is 15.0 Å². The smallest absolute Gasteiger partial charge is 0.323 e. The van der Waals surface area contributed by atoms with Crippen molar-refractivity contribution in [2.45, 2.75) is 20.0 Å². The first-order chi connectivity index (χ1) is 9.97. The normalized spacial score (nSPS) is 10.6. The maximum atomic E-state index is 13.1. The van der Waals surface area contributed by atoms with Crippen molar-refractivity contribution in [2.75, 3.05) is 17.7 Å². The Kier molecular flexibility index (Phi) is 5.10. The van der Waals surface area contributed by atoms with Crippen LogP contribution in [-0.4, -0.2) is 28.1 Å². The summed E-state index contributed by atoms with van der Waals surface area (Å²) in [5, 5.41) is 5.88. The fraction of sp³-hybridized carbons (Fsp3) is 0.308. The monoisotopic (exact) mass is 403 g/mol. The molecule has 2 rings (SSSR count). The molecule has 0 saturated carbocycles. The zero-order valence-corrected chi connectivity index (χ0v) is 14.0. The van der Waals surface area contributed by atoms with Gasteiger partial charge < -0.3 is 15.4 Å². The van der Waals surface area contributed by atoms with Gasteiger partial charge in [-0.05, 0) is 54.6 Å². The van der Waals surface area contributed by atoms with E-state index < -0.39 is 0 Å². The second kappa shape index (κ2) is 6.83. The lowest BCUT2D eigenvalue weighted by atomic mass is 10.3. The largest absolute Gasteiger partial charge is 0.461 e. The topological polar surface area (TPSA) is 72.0 Å². The fourth-order valence-electron chi connectivity index (χ4n) is 1.50. The van der Waals surface area contributed by atoms with E-state index >= 15 is 0 Å². The van der Waals surface area contributed by atoms with Gasteiger partial charge in [0, 0.05) is 10.6 Å². The van der Waals surface area contributed by atoms with E-state index in [4.69, 9.17) is 4.74 Å². The molecule has 0 aliphatic carbocycles. The summed E-state index contributed by atoms with van der Waals surface area (Å²) in [6, 6.07) is 4.65. The molecule has 0 unspecified atom stereocenters. The minimum absolute atomic E-state index is 0.0455. The van der Waals surface area contributed by atoms with Gasteiger partial charge in [-0.25, -0.2) is 4.39 Å². The number of anilines is 3. The van der Waals surface area contributed by atoms with Gasteiger partial charge in [0.15, 0.2) is 0 Å². The summed E-state index contributed by atoms with van der Waals surface area (Å²) < 4.78 is 19.3. The van der Waals surface area contributed by atoms with Gasteiger partial charge in [0.25, 0.3) is 0 Å². The van der Waals surface area contributed by atoms with Crippen LogP contribution in [0.1, 0.15) is 13.8 Å². The maximum Gasteiger partial charge on any atom is 0.323 e. The molecule has 2 N–H and O–H groups in total. The number of benzene rings is 1. The standard InChI is InChI=1S/C13H15FIN5O/c1-7(2)21-13-19-11(16-3)18-12(20-13)17-10-5-4-8(14)6-9(10)15/h4-7H,1-3H3,(H2,16,17,18,19,20). The summed E-state index contributed by atoms with van der Waals surface area (Å²) in [6.45, 7) is 3.78. The number of hydrogen-bond acceptors (Lipinski definition) is 6. The van der Waals surface area contributed by atoms with Crippen LogP contribution in [0.2, 0.25) is 0 Å². The minimum atomic E-state index is -0.291. The van der Waals surface area contributed by atoms with E-state index in [1.807, 2.05) is 36.4 Å². The lowest BCUT2D eigenvalue weighted by Crippen LogP contribution is -2.12. The van der Waals surface area contributed by atoms with Crippen molar-refractivity contribution < 1.29 is 9.13 Å². The quantitative estimate of drug-likeness (QED) is 0.748. The van der Waals surface area contributed by atoms with Crippen LogP contribution in [0.4, 0.5) is 22.0 Å². The molecule has 1 aromatic carbocycles. The fourth-order valence-corrected chi connectivity index (χ4v) is 2.11. The van der Waals surface area contributed by atoms with E-state index in [0.29, 0.717) is 17.6 Å². The molecular formula is C13H15FIN5O. The summed E-state index contributed by atoms with van der Waals surface area (Å²) >= 11 is 2.04. The Morgan fingerprint density at radius 2 is 1.90 bits per heavy atom. The van der Waals surface area contributed by atoms with E-state index in [2.05, 4.69) is 25.6 Å². The first-order valence-electron chi connectivity index (χ1n) is 6.30. The Hall–Kier alpha value is -1.71. The average Bonchev–Trinajstić information content (AvgIpc) is 2.41. The first-order valence-corrected chi connectivity index (χ1v) is 7.38. The molecule has 0 aliphatic rings. The van der Waals surface area contributed by atoms with Crippen LogP contribution in [0.25, 0.3) is 0 Å². The molecule has 0 spiro atoms. The highest BCUT2D eigenvalue weighted by Crippen LogP contribution is 2.23. The molecule has 1 aromatic heterocycles. The third-order valence-corrected chi connectivity index (χ3v) is 3.25. The van der Waals surface area contributed by atoms with Crippen molar-refractivity contribution >= 4 is 40.2 Å². The molecule has 0 radical (unpaired) electrons. The van der Waals surface area contributed by atoms with Crippen molar-refractivity contribution in [3.8, 4) is 6.01 Å². The van der Waals surface area contributed by atoms with Crippen LogP contribution < -0.4 is 15.4 Å². The summed E-state index contributed by atoms with van der Waals surface area (Å²) in [5.74, 6) is 0.426. The summed E-state index contributed by atoms with van der Waals surface area (Å²) in [5.41, 5.74) is 0.709. The Bertz CT molecular complexity index is 638. The highest BCUT2D eigenvalue weighted by atomic mass is 127. The van der Waals surface area contributed by atoms with Gasteiger partial charge in [-0.2, -0.15) is 15.0 Å². The second-order valence-electron chi connectivity index (χ2n) is 4.43. The minimum Gasteiger partial charge on any atom is -0.461 e. The van der Waals surface area contributed by atoms with Gasteiger partial charge in [0.2, 0.25) is 11.9 Å². The SMILES string of the molecule is CNc1nc(Nc2ccc(F)cc2I)nc(OC(C)C)n1. The lowest BCUT2D eigenvalue weighted by molar-refractivity contribution is 0.222. The predicted octanol–water partition coefficient (Wildman–Crippen LogP) is 3.19. The van der Waals surface area contributed by atoms with Gasteiger partial charge in [-0.1, -0.05) is 0 Å². The molecule has 112 valence electrons. The Morgan fingerprint density at radius 1 is 1.19 bits per heavy atom. The van der Waals surface area contributed by atoms with Gasteiger partial charge >= 0.3 is 6.01 Å². The molecule has 0 aliphatic heterocycles. The second-order valence-corrected chi connectivity index (χ2v) is 5.59. The molecule has 0 fully saturated rings. The van der Waals surface area contributed by atoms with Gasteiger partial charge in [-0.15, -0.1) is 0 Å². The highest BCUT2D eigenvalue weighted by molar-refractivity contribution is 14.1. The van der Waals surface area contributed by atoms with Gasteiger partial charge in [0.1, 0.15) is 5.82 Å². The lowest BCUT2D eigenvalue weighted by Gasteiger charge is -2.12. The summed E-state index contributed by atoms with van der Waals surface area (Å²) in [6.07, 6.45) is -0.0455. The number of ether oxygens (including phenoxy) is 1. The molecule has 0 atom stereocenters. The van der Waals surface area contributed by atoms with E-state index in [9.17, 15) is 4.39 Å². The number of rotatable bonds is 5. The molecule has 2 aromatic rings. The molecule has 0 amide bonds. The Balaban J connectivity index is 2.29. The highest BCUT2D eigenvalue weighted by Gasteiger charge is 2.10. The van der Waals surface area contributed by atoms with Gasteiger partial charge in [-0.3, -0.25) is 0 Å². The van der Waals surface area contributed by atoms with Crippen LogP contribution in [0, 0.1) is 9.39 Å². The van der Waals surface area contributed by atoms with Crippen LogP contribution >= 0.6 is 22.6 Å². The average molecular weight is 403 g/mol. The van der Waals surface area contributed by atoms with Crippen LogP contribution in [0.5, 0.6) is 6.01 Å². The molecule has 0 saturated heterocycles. The number of halogens is 2. The van der Waals surface area contributed by atoms with Crippen molar-refractivity contribution in [3.63, 3.8) is 0 Å². The van der Waals surface area contributed by atoms with E-state index in [-0.39, 0.29) is 17.9 Å². The summed E-state index contributed by atoms with van der Waals surface area (Å²) in [4.78, 5) is 12.5. The van der Waals surface area contributed by atoms with E-state index in [0.717, 1.165) is 3.57 Å². The van der Waals surface area contributed by atoms with Crippen LogP contribution in [0.15, 0.2) is 18.2 Å². The Labute approximate surface area is 135 Å². The molecule has 6 nitrogen and oxygen atoms in total.